The third-order valence-electron chi connectivity index (χ3n) is 4.52. The molecule has 0 radical (unpaired) electrons. The smallest absolute Gasteiger partial charge is 0.0805 e. The zero-order valence-electron chi connectivity index (χ0n) is 12.6. The summed E-state index contributed by atoms with van der Waals surface area (Å²) in [5, 5.41) is 20.0. The van der Waals surface area contributed by atoms with E-state index in [4.69, 9.17) is 0 Å². The SMILES string of the molecule is C[C@H](O)C[C@@H]1CCC[C@@H](C[C@H](O)c2ccccc2)N1C. The number of nitrogens with zero attached hydrogens (tertiary/aromatic N) is 1. The molecule has 0 aliphatic carbocycles. The first-order valence-electron chi connectivity index (χ1n) is 7.71. The van der Waals surface area contributed by atoms with Gasteiger partial charge in [0.1, 0.15) is 0 Å². The molecule has 1 saturated heterocycles. The number of aliphatic hydroxyl groups is 2. The molecule has 3 heteroatoms. The van der Waals surface area contributed by atoms with E-state index in [0.717, 1.165) is 31.2 Å². The van der Waals surface area contributed by atoms with Crippen LogP contribution in [0.5, 0.6) is 0 Å². The first kappa shape index (κ1) is 15.5. The Bertz CT molecular complexity index is 393. The average Bonchev–Trinajstić information content (AvgIpc) is 2.43. The highest BCUT2D eigenvalue weighted by Gasteiger charge is 2.29. The normalized spacial score (nSPS) is 27.2. The van der Waals surface area contributed by atoms with Gasteiger partial charge in [-0.3, -0.25) is 0 Å². The molecule has 112 valence electrons. The second-order valence-corrected chi connectivity index (χ2v) is 6.15. The fourth-order valence-electron chi connectivity index (χ4n) is 3.33. The molecule has 3 nitrogen and oxygen atoms in total. The summed E-state index contributed by atoms with van der Waals surface area (Å²) in [4.78, 5) is 2.36. The van der Waals surface area contributed by atoms with Crippen LogP contribution in [0.3, 0.4) is 0 Å². The summed E-state index contributed by atoms with van der Waals surface area (Å²) in [5.74, 6) is 0. The minimum absolute atomic E-state index is 0.250. The summed E-state index contributed by atoms with van der Waals surface area (Å²) >= 11 is 0. The van der Waals surface area contributed by atoms with Gasteiger partial charge in [-0.05, 0) is 45.2 Å². The second kappa shape index (κ2) is 7.21. The summed E-state index contributed by atoms with van der Waals surface area (Å²) in [6.07, 6.45) is 4.43. The largest absolute Gasteiger partial charge is 0.393 e. The minimum Gasteiger partial charge on any atom is -0.393 e. The van der Waals surface area contributed by atoms with Crippen LogP contribution >= 0.6 is 0 Å². The van der Waals surface area contributed by atoms with E-state index in [9.17, 15) is 10.2 Å². The summed E-state index contributed by atoms with van der Waals surface area (Å²) in [7, 11) is 2.13. The molecule has 2 rings (SSSR count). The average molecular weight is 277 g/mol. The van der Waals surface area contributed by atoms with Gasteiger partial charge in [-0.15, -0.1) is 0 Å². The van der Waals surface area contributed by atoms with Crippen molar-refractivity contribution >= 4 is 0 Å². The summed E-state index contributed by atoms with van der Waals surface area (Å²) in [6.45, 7) is 1.86. The number of hydrogen-bond donors (Lipinski definition) is 2. The van der Waals surface area contributed by atoms with Crippen LogP contribution in [0.2, 0.25) is 0 Å². The standard InChI is InChI=1S/C17H27NO2/c1-13(19)11-15-9-6-10-16(18(15)2)12-17(20)14-7-4-3-5-8-14/h3-5,7-8,13,15-17,19-20H,6,9-12H2,1-2H3/t13-,15-,16-,17-/m0/s1. The van der Waals surface area contributed by atoms with E-state index in [-0.39, 0.29) is 6.10 Å². The quantitative estimate of drug-likeness (QED) is 0.870. The molecule has 1 aromatic rings. The van der Waals surface area contributed by atoms with Gasteiger partial charge in [0.25, 0.3) is 0 Å². The Labute approximate surface area is 122 Å². The Morgan fingerprint density at radius 3 is 2.30 bits per heavy atom. The van der Waals surface area contributed by atoms with Crippen LogP contribution < -0.4 is 0 Å². The van der Waals surface area contributed by atoms with Crippen molar-refractivity contribution < 1.29 is 10.2 Å². The van der Waals surface area contributed by atoms with Gasteiger partial charge in [-0.25, -0.2) is 0 Å². The molecular weight excluding hydrogens is 250 g/mol. The molecule has 1 aromatic carbocycles. The van der Waals surface area contributed by atoms with Gasteiger partial charge in [-0.2, -0.15) is 0 Å². The van der Waals surface area contributed by atoms with Crippen LogP contribution in [0, 0.1) is 0 Å². The highest BCUT2D eigenvalue weighted by Crippen LogP contribution is 2.30. The third kappa shape index (κ3) is 4.05. The lowest BCUT2D eigenvalue weighted by Crippen LogP contribution is -2.45. The van der Waals surface area contributed by atoms with Crippen LogP contribution in [-0.4, -0.2) is 40.3 Å². The van der Waals surface area contributed by atoms with E-state index in [2.05, 4.69) is 11.9 Å². The third-order valence-corrected chi connectivity index (χ3v) is 4.52. The molecule has 2 N–H and O–H groups in total. The topological polar surface area (TPSA) is 43.7 Å². The fourth-order valence-corrected chi connectivity index (χ4v) is 3.33. The van der Waals surface area contributed by atoms with Gasteiger partial charge in [0.05, 0.1) is 12.2 Å². The van der Waals surface area contributed by atoms with Crippen LogP contribution in [0.25, 0.3) is 0 Å². The molecule has 1 heterocycles. The van der Waals surface area contributed by atoms with E-state index < -0.39 is 6.10 Å². The molecule has 4 atom stereocenters. The van der Waals surface area contributed by atoms with Crippen LogP contribution in [0.15, 0.2) is 30.3 Å². The van der Waals surface area contributed by atoms with E-state index in [0.29, 0.717) is 12.1 Å². The molecule has 0 bridgehead atoms. The fraction of sp³-hybridized carbons (Fsp3) is 0.647. The second-order valence-electron chi connectivity index (χ2n) is 6.15. The first-order valence-corrected chi connectivity index (χ1v) is 7.71. The molecule has 1 aliphatic heterocycles. The summed E-state index contributed by atoms with van der Waals surface area (Å²) < 4.78 is 0. The van der Waals surface area contributed by atoms with Crippen molar-refractivity contribution in [2.75, 3.05) is 7.05 Å². The van der Waals surface area contributed by atoms with Gasteiger partial charge in [0.15, 0.2) is 0 Å². The van der Waals surface area contributed by atoms with E-state index in [1.165, 1.54) is 6.42 Å². The van der Waals surface area contributed by atoms with Gasteiger partial charge in [-0.1, -0.05) is 36.8 Å². The minimum atomic E-state index is -0.394. The predicted octanol–water partition coefficient (Wildman–Crippen LogP) is 2.73. The monoisotopic (exact) mass is 277 g/mol. The Hall–Kier alpha value is -0.900. The maximum Gasteiger partial charge on any atom is 0.0805 e. The lowest BCUT2D eigenvalue weighted by Gasteiger charge is -2.41. The van der Waals surface area contributed by atoms with Crippen molar-refractivity contribution in [3.8, 4) is 0 Å². The molecule has 1 aliphatic rings. The molecular formula is C17H27NO2. The van der Waals surface area contributed by atoms with Crippen molar-refractivity contribution in [1.82, 2.24) is 4.90 Å². The number of likely N-dealkylation sites (tertiary alicyclic amines) is 1. The number of piperidine rings is 1. The van der Waals surface area contributed by atoms with E-state index in [1.807, 2.05) is 37.3 Å². The van der Waals surface area contributed by atoms with Crippen molar-refractivity contribution in [3.05, 3.63) is 35.9 Å². The Morgan fingerprint density at radius 2 is 1.70 bits per heavy atom. The Kier molecular flexibility index (Phi) is 5.58. The van der Waals surface area contributed by atoms with Crippen molar-refractivity contribution in [1.29, 1.82) is 0 Å². The zero-order chi connectivity index (χ0) is 14.5. The van der Waals surface area contributed by atoms with Gasteiger partial charge in [0, 0.05) is 12.1 Å². The van der Waals surface area contributed by atoms with Crippen LogP contribution in [0.1, 0.15) is 50.7 Å². The lowest BCUT2D eigenvalue weighted by molar-refractivity contribution is 0.0390. The van der Waals surface area contributed by atoms with Gasteiger partial charge < -0.3 is 15.1 Å². The van der Waals surface area contributed by atoms with E-state index >= 15 is 0 Å². The molecule has 0 saturated carbocycles. The predicted molar refractivity (Wildman–Crippen MR) is 81.5 cm³/mol. The Morgan fingerprint density at radius 1 is 1.10 bits per heavy atom. The van der Waals surface area contributed by atoms with Crippen molar-refractivity contribution in [2.24, 2.45) is 0 Å². The molecule has 0 amide bonds. The van der Waals surface area contributed by atoms with Crippen molar-refractivity contribution in [2.45, 2.75) is 63.3 Å². The maximum absolute atomic E-state index is 10.4. The molecule has 0 aromatic heterocycles. The molecule has 0 unspecified atom stereocenters. The number of aliphatic hydroxyl groups excluding tert-OH is 2. The van der Waals surface area contributed by atoms with Crippen LogP contribution in [-0.2, 0) is 0 Å². The van der Waals surface area contributed by atoms with Gasteiger partial charge >= 0.3 is 0 Å². The highest BCUT2D eigenvalue weighted by molar-refractivity contribution is 5.17. The first-order chi connectivity index (χ1) is 9.58. The zero-order valence-corrected chi connectivity index (χ0v) is 12.6. The number of hydrogen-bond acceptors (Lipinski definition) is 3. The van der Waals surface area contributed by atoms with E-state index in [1.54, 1.807) is 0 Å². The molecule has 1 fully saturated rings. The van der Waals surface area contributed by atoms with Crippen LogP contribution in [0.4, 0.5) is 0 Å². The number of benzene rings is 1. The number of rotatable bonds is 5. The lowest BCUT2D eigenvalue weighted by atomic mass is 9.89. The maximum atomic E-state index is 10.4. The van der Waals surface area contributed by atoms with Crippen molar-refractivity contribution in [3.63, 3.8) is 0 Å². The van der Waals surface area contributed by atoms with Gasteiger partial charge in [0.2, 0.25) is 0 Å². The Balaban J connectivity index is 1.94. The summed E-state index contributed by atoms with van der Waals surface area (Å²) in [5.41, 5.74) is 0.999. The molecule has 0 spiro atoms. The summed E-state index contributed by atoms with van der Waals surface area (Å²) in [6, 6.07) is 10.7. The highest BCUT2D eigenvalue weighted by atomic mass is 16.3. The molecule has 20 heavy (non-hydrogen) atoms.